The van der Waals surface area contributed by atoms with Gasteiger partial charge in [-0.3, -0.25) is 9.69 Å². The van der Waals surface area contributed by atoms with Crippen LogP contribution in [0.4, 0.5) is 23.2 Å². The minimum absolute atomic E-state index is 0.0168. The number of halogens is 4. The van der Waals surface area contributed by atoms with E-state index in [9.17, 15) is 27.2 Å². The van der Waals surface area contributed by atoms with Crippen LogP contribution in [0.3, 0.4) is 0 Å². The van der Waals surface area contributed by atoms with Crippen molar-refractivity contribution in [2.75, 3.05) is 11.5 Å². The number of carbonyl (C=O) groups is 2. The van der Waals surface area contributed by atoms with E-state index in [1.54, 1.807) is 0 Å². The van der Waals surface area contributed by atoms with Crippen LogP contribution >= 0.6 is 0 Å². The SMILES string of the molecule is O=C1OCC2=C1[C@@H](c1ccc(F)cc1)CC(=O)N2c1cccc(C(F)(F)F)c1. The molecule has 0 saturated carbocycles. The van der Waals surface area contributed by atoms with Crippen LogP contribution < -0.4 is 4.90 Å². The highest BCUT2D eigenvalue weighted by atomic mass is 19.4. The molecule has 2 heterocycles. The molecule has 2 aromatic carbocycles. The second-order valence-corrected chi connectivity index (χ2v) is 6.52. The monoisotopic (exact) mass is 391 g/mol. The predicted molar refractivity (Wildman–Crippen MR) is 90.7 cm³/mol. The van der Waals surface area contributed by atoms with E-state index in [0.717, 1.165) is 17.0 Å². The average molecular weight is 391 g/mol. The average Bonchev–Trinajstić information content (AvgIpc) is 3.03. The Balaban J connectivity index is 1.81. The first-order valence-electron chi connectivity index (χ1n) is 8.41. The van der Waals surface area contributed by atoms with Crippen LogP contribution in [0.15, 0.2) is 59.8 Å². The van der Waals surface area contributed by atoms with Gasteiger partial charge in [0.1, 0.15) is 12.4 Å². The van der Waals surface area contributed by atoms with Crippen molar-refractivity contribution in [2.45, 2.75) is 18.5 Å². The van der Waals surface area contributed by atoms with E-state index in [4.69, 9.17) is 4.74 Å². The summed E-state index contributed by atoms with van der Waals surface area (Å²) in [5.74, 6) is -2.20. The van der Waals surface area contributed by atoms with E-state index in [1.807, 2.05) is 0 Å². The Hall–Kier alpha value is -3.16. The van der Waals surface area contributed by atoms with Crippen LogP contribution in [0, 0.1) is 5.82 Å². The smallest absolute Gasteiger partial charge is 0.416 e. The first-order valence-corrected chi connectivity index (χ1v) is 8.41. The lowest BCUT2D eigenvalue weighted by molar-refractivity contribution is -0.138. The lowest BCUT2D eigenvalue weighted by Crippen LogP contribution is -2.37. The number of nitrogens with zero attached hydrogens (tertiary/aromatic N) is 1. The maximum Gasteiger partial charge on any atom is 0.416 e. The molecule has 0 spiro atoms. The normalized spacial score (nSPS) is 19.7. The number of alkyl halides is 3. The molecule has 2 aromatic rings. The third-order valence-corrected chi connectivity index (χ3v) is 4.82. The maximum absolute atomic E-state index is 13.2. The number of hydrogen-bond acceptors (Lipinski definition) is 3. The Bertz CT molecular complexity index is 995. The third-order valence-electron chi connectivity index (χ3n) is 4.82. The van der Waals surface area contributed by atoms with Crippen molar-refractivity contribution < 1.29 is 31.9 Å². The molecule has 0 aliphatic carbocycles. The fourth-order valence-electron chi connectivity index (χ4n) is 3.55. The number of anilines is 1. The number of ether oxygens (including phenoxy) is 1. The zero-order valence-electron chi connectivity index (χ0n) is 14.3. The zero-order valence-corrected chi connectivity index (χ0v) is 14.3. The van der Waals surface area contributed by atoms with Crippen molar-refractivity contribution in [3.63, 3.8) is 0 Å². The number of cyclic esters (lactones) is 1. The van der Waals surface area contributed by atoms with Gasteiger partial charge >= 0.3 is 12.1 Å². The van der Waals surface area contributed by atoms with Gasteiger partial charge in [-0.2, -0.15) is 13.2 Å². The summed E-state index contributed by atoms with van der Waals surface area (Å²) in [5, 5.41) is 0. The summed E-state index contributed by atoms with van der Waals surface area (Å²) in [6, 6.07) is 9.74. The molecule has 0 bridgehead atoms. The van der Waals surface area contributed by atoms with Gasteiger partial charge in [-0.05, 0) is 35.9 Å². The van der Waals surface area contributed by atoms with E-state index < -0.39 is 35.4 Å². The quantitative estimate of drug-likeness (QED) is 0.570. The van der Waals surface area contributed by atoms with E-state index in [1.165, 1.54) is 36.4 Å². The van der Waals surface area contributed by atoms with Gasteiger partial charge in [0.25, 0.3) is 0 Å². The van der Waals surface area contributed by atoms with E-state index >= 15 is 0 Å². The van der Waals surface area contributed by atoms with Crippen LogP contribution in [-0.4, -0.2) is 18.5 Å². The minimum Gasteiger partial charge on any atom is -0.456 e. The Kier molecular flexibility index (Phi) is 4.21. The molecule has 4 rings (SSSR count). The van der Waals surface area contributed by atoms with Crippen molar-refractivity contribution in [1.29, 1.82) is 0 Å². The predicted octanol–water partition coefficient (Wildman–Crippen LogP) is 4.18. The van der Waals surface area contributed by atoms with Crippen LogP contribution in [0.1, 0.15) is 23.5 Å². The first kappa shape index (κ1) is 18.2. The number of benzene rings is 2. The zero-order chi connectivity index (χ0) is 20.1. The number of carbonyl (C=O) groups excluding carboxylic acids is 2. The Morgan fingerprint density at radius 3 is 2.43 bits per heavy atom. The molecule has 144 valence electrons. The standard InChI is InChI=1S/C20H13F4NO3/c21-13-6-4-11(5-7-13)15-9-17(26)25(16-10-28-19(27)18(15)16)14-3-1-2-12(8-14)20(22,23)24/h1-8,15H,9-10H2/t15-/m1/s1. The second-order valence-electron chi connectivity index (χ2n) is 6.52. The van der Waals surface area contributed by atoms with E-state index in [-0.39, 0.29) is 30.0 Å². The summed E-state index contributed by atoms with van der Waals surface area (Å²) in [6.07, 6.45) is -4.71. The number of hydrogen-bond donors (Lipinski definition) is 0. The molecule has 2 aliphatic heterocycles. The summed E-state index contributed by atoms with van der Waals surface area (Å²) < 4.78 is 57.5. The molecular weight excluding hydrogens is 378 g/mol. The van der Waals surface area contributed by atoms with Crippen molar-refractivity contribution >= 4 is 17.6 Å². The molecule has 8 heteroatoms. The molecule has 0 N–H and O–H groups in total. The number of rotatable bonds is 2. The fourth-order valence-corrected chi connectivity index (χ4v) is 3.55. The molecule has 28 heavy (non-hydrogen) atoms. The summed E-state index contributed by atoms with van der Waals surface area (Å²) in [7, 11) is 0. The Morgan fingerprint density at radius 1 is 1.04 bits per heavy atom. The summed E-state index contributed by atoms with van der Waals surface area (Å²) in [5.41, 5.74) is 0.109. The summed E-state index contributed by atoms with van der Waals surface area (Å²) >= 11 is 0. The van der Waals surface area contributed by atoms with Crippen molar-refractivity contribution in [2.24, 2.45) is 0 Å². The number of amides is 1. The van der Waals surface area contributed by atoms with Crippen LogP contribution in [0.2, 0.25) is 0 Å². The van der Waals surface area contributed by atoms with Crippen LogP contribution in [0.5, 0.6) is 0 Å². The van der Waals surface area contributed by atoms with Gasteiger partial charge in [0.2, 0.25) is 5.91 Å². The molecule has 0 radical (unpaired) electrons. The Morgan fingerprint density at radius 2 is 1.75 bits per heavy atom. The van der Waals surface area contributed by atoms with Gasteiger partial charge in [-0.1, -0.05) is 18.2 Å². The molecule has 0 aromatic heterocycles. The lowest BCUT2D eigenvalue weighted by Gasteiger charge is -2.32. The first-order chi connectivity index (χ1) is 13.3. The molecule has 1 amide bonds. The second kappa shape index (κ2) is 6.47. The van der Waals surface area contributed by atoms with Gasteiger partial charge < -0.3 is 4.74 Å². The Labute approximate surface area is 157 Å². The van der Waals surface area contributed by atoms with Crippen LogP contribution in [-0.2, 0) is 20.5 Å². The highest BCUT2D eigenvalue weighted by molar-refractivity contribution is 6.06. The van der Waals surface area contributed by atoms with Crippen molar-refractivity contribution in [3.8, 4) is 0 Å². The summed E-state index contributed by atoms with van der Waals surface area (Å²) in [6.45, 7) is -0.214. The molecule has 0 fully saturated rings. The largest absolute Gasteiger partial charge is 0.456 e. The highest BCUT2D eigenvalue weighted by Crippen LogP contribution is 2.42. The van der Waals surface area contributed by atoms with E-state index in [2.05, 4.69) is 0 Å². The molecular formula is C20H13F4NO3. The maximum atomic E-state index is 13.2. The minimum atomic E-state index is -4.56. The number of esters is 1. The fraction of sp³-hybridized carbons (Fsp3) is 0.200. The van der Waals surface area contributed by atoms with Gasteiger partial charge in [-0.25, -0.2) is 9.18 Å². The molecule has 0 saturated heterocycles. The molecule has 0 unspecified atom stereocenters. The molecule has 4 nitrogen and oxygen atoms in total. The van der Waals surface area contributed by atoms with Gasteiger partial charge in [0, 0.05) is 18.0 Å². The topological polar surface area (TPSA) is 46.6 Å². The van der Waals surface area contributed by atoms with Crippen molar-refractivity contribution in [3.05, 3.63) is 76.7 Å². The van der Waals surface area contributed by atoms with Gasteiger partial charge in [0.15, 0.2) is 0 Å². The molecule has 1 atom stereocenters. The van der Waals surface area contributed by atoms with Gasteiger partial charge in [-0.15, -0.1) is 0 Å². The van der Waals surface area contributed by atoms with Gasteiger partial charge in [0.05, 0.1) is 16.8 Å². The van der Waals surface area contributed by atoms with Crippen LogP contribution in [0.25, 0.3) is 0 Å². The third kappa shape index (κ3) is 3.04. The summed E-state index contributed by atoms with van der Waals surface area (Å²) in [4.78, 5) is 26.2. The van der Waals surface area contributed by atoms with Crippen molar-refractivity contribution in [1.82, 2.24) is 0 Å². The molecule has 2 aliphatic rings. The highest BCUT2D eigenvalue weighted by Gasteiger charge is 2.43. The lowest BCUT2D eigenvalue weighted by atomic mass is 9.84. The van der Waals surface area contributed by atoms with E-state index in [0.29, 0.717) is 5.56 Å².